The molecule has 0 spiro atoms. The summed E-state index contributed by atoms with van der Waals surface area (Å²) in [7, 11) is 2.94. The van der Waals surface area contributed by atoms with Crippen LogP contribution in [0.1, 0.15) is 10.4 Å². The molecule has 2 aromatic carbocycles. The highest BCUT2D eigenvalue weighted by Crippen LogP contribution is 2.29. The molecule has 0 heterocycles. The monoisotopic (exact) mass is 383 g/mol. The Morgan fingerprint density at radius 2 is 1.76 bits per heavy atom. The van der Waals surface area contributed by atoms with Crippen LogP contribution in [0.2, 0.25) is 10.0 Å². The number of anilines is 1. The molecule has 2 aromatic rings. The Hall–Kier alpha value is -2.44. The van der Waals surface area contributed by atoms with Crippen molar-refractivity contribution in [1.29, 1.82) is 0 Å². The fourth-order valence-electron chi connectivity index (χ4n) is 1.96. The number of carbonyl (C=O) groups is 2. The third kappa shape index (κ3) is 4.78. The van der Waals surface area contributed by atoms with Crippen LogP contribution in [-0.2, 0) is 9.53 Å². The first-order valence-electron chi connectivity index (χ1n) is 7.09. The fraction of sp³-hybridized carbons (Fsp3) is 0.176. The molecule has 1 N–H and O–H groups in total. The van der Waals surface area contributed by atoms with Gasteiger partial charge in [-0.2, -0.15) is 0 Å². The molecule has 0 saturated carbocycles. The lowest BCUT2D eigenvalue weighted by Gasteiger charge is -2.10. The van der Waals surface area contributed by atoms with Gasteiger partial charge < -0.3 is 19.5 Å². The largest absolute Gasteiger partial charge is 0.493 e. The number of methoxy groups -OCH3 is 2. The van der Waals surface area contributed by atoms with Crippen molar-refractivity contribution < 1.29 is 23.8 Å². The Bertz CT molecular complexity index is 795. The van der Waals surface area contributed by atoms with Crippen LogP contribution in [0.3, 0.4) is 0 Å². The molecule has 0 atom stereocenters. The lowest BCUT2D eigenvalue weighted by Crippen LogP contribution is -2.21. The van der Waals surface area contributed by atoms with Gasteiger partial charge >= 0.3 is 5.97 Å². The number of esters is 1. The quantitative estimate of drug-likeness (QED) is 0.767. The van der Waals surface area contributed by atoms with Crippen LogP contribution < -0.4 is 14.8 Å². The molecule has 8 heteroatoms. The Morgan fingerprint density at radius 1 is 1.04 bits per heavy atom. The molecule has 1 amide bonds. The van der Waals surface area contributed by atoms with E-state index in [9.17, 15) is 9.59 Å². The van der Waals surface area contributed by atoms with Crippen molar-refractivity contribution >= 4 is 40.8 Å². The minimum atomic E-state index is -0.673. The highest BCUT2D eigenvalue weighted by Gasteiger charge is 2.14. The maximum Gasteiger partial charge on any atom is 0.338 e. The standard InChI is InChI=1S/C17H15Cl2NO5/c1-23-13-7-6-10(8-14(13)24-2)17(22)25-9-15(21)20-12-5-3-4-11(18)16(12)19/h3-8H,9H2,1-2H3,(H,20,21). The van der Waals surface area contributed by atoms with Gasteiger partial charge in [0.05, 0.1) is 35.5 Å². The van der Waals surface area contributed by atoms with Crippen molar-refractivity contribution in [2.45, 2.75) is 0 Å². The maximum absolute atomic E-state index is 12.0. The van der Waals surface area contributed by atoms with Crippen LogP contribution in [0.5, 0.6) is 11.5 Å². The van der Waals surface area contributed by atoms with E-state index >= 15 is 0 Å². The number of carbonyl (C=O) groups excluding carboxylic acids is 2. The number of halogens is 2. The summed E-state index contributed by atoms with van der Waals surface area (Å²) < 4.78 is 15.2. The van der Waals surface area contributed by atoms with Crippen LogP contribution in [0, 0.1) is 0 Å². The van der Waals surface area contributed by atoms with Gasteiger partial charge in [-0.3, -0.25) is 4.79 Å². The van der Waals surface area contributed by atoms with Crippen molar-refractivity contribution in [1.82, 2.24) is 0 Å². The van der Waals surface area contributed by atoms with Gasteiger partial charge in [-0.05, 0) is 30.3 Å². The molecule has 25 heavy (non-hydrogen) atoms. The predicted molar refractivity (Wildman–Crippen MR) is 94.9 cm³/mol. The third-order valence-electron chi connectivity index (χ3n) is 3.18. The van der Waals surface area contributed by atoms with E-state index < -0.39 is 18.5 Å². The number of hydrogen-bond donors (Lipinski definition) is 1. The first-order chi connectivity index (χ1) is 12.0. The highest BCUT2D eigenvalue weighted by atomic mass is 35.5. The Kier molecular flexibility index (Phi) is 6.50. The van der Waals surface area contributed by atoms with E-state index in [-0.39, 0.29) is 10.6 Å². The Morgan fingerprint density at radius 3 is 2.44 bits per heavy atom. The average molecular weight is 384 g/mol. The molecule has 0 aliphatic carbocycles. The topological polar surface area (TPSA) is 73.9 Å². The van der Waals surface area contributed by atoms with E-state index in [4.69, 9.17) is 37.4 Å². The maximum atomic E-state index is 12.0. The molecule has 0 radical (unpaired) electrons. The zero-order valence-electron chi connectivity index (χ0n) is 13.5. The molecule has 0 fully saturated rings. The number of rotatable bonds is 6. The summed E-state index contributed by atoms with van der Waals surface area (Å²) in [6.07, 6.45) is 0. The fourth-order valence-corrected chi connectivity index (χ4v) is 2.31. The summed E-state index contributed by atoms with van der Waals surface area (Å²) in [5, 5.41) is 3.04. The van der Waals surface area contributed by atoms with Crippen LogP contribution >= 0.6 is 23.2 Å². The second kappa shape index (κ2) is 8.60. The van der Waals surface area contributed by atoms with Gasteiger partial charge in [0.2, 0.25) is 0 Å². The van der Waals surface area contributed by atoms with Crippen molar-refractivity contribution in [2.75, 3.05) is 26.1 Å². The molecule has 2 rings (SSSR count). The summed E-state index contributed by atoms with van der Waals surface area (Å²) in [6.45, 7) is -0.476. The zero-order valence-corrected chi connectivity index (χ0v) is 15.0. The predicted octanol–water partition coefficient (Wildman–Crippen LogP) is 3.81. The molecule has 0 aliphatic rings. The second-order valence-corrected chi connectivity index (χ2v) is 5.58. The second-order valence-electron chi connectivity index (χ2n) is 4.80. The normalized spacial score (nSPS) is 10.1. The minimum Gasteiger partial charge on any atom is -0.493 e. The summed E-state index contributed by atoms with van der Waals surface area (Å²) in [5.74, 6) is -0.356. The SMILES string of the molecule is COc1ccc(C(=O)OCC(=O)Nc2cccc(Cl)c2Cl)cc1OC. The molecular weight excluding hydrogens is 369 g/mol. The number of hydrogen-bond acceptors (Lipinski definition) is 5. The van der Waals surface area contributed by atoms with Gasteiger partial charge in [-0.25, -0.2) is 4.79 Å². The lowest BCUT2D eigenvalue weighted by atomic mass is 10.2. The molecule has 0 aliphatic heterocycles. The number of amides is 1. The summed E-state index contributed by atoms with van der Waals surface area (Å²) >= 11 is 11.8. The van der Waals surface area contributed by atoms with Gasteiger partial charge in [-0.1, -0.05) is 29.3 Å². The van der Waals surface area contributed by atoms with Crippen LogP contribution in [0.4, 0.5) is 5.69 Å². The van der Waals surface area contributed by atoms with Gasteiger partial charge in [0, 0.05) is 0 Å². The smallest absolute Gasteiger partial charge is 0.338 e. The molecule has 6 nitrogen and oxygen atoms in total. The van der Waals surface area contributed by atoms with E-state index in [0.29, 0.717) is 22.2 Å². The van der Waals surface area contributed by atoms with Crippen molar-refractivity contribution in [3.63, 3.8) is 0 Å². The van der Waals surface area contributed by atoms with Crippen LogP contribution in [0.15, 0.2) is 36.4 Å². The van der Waals surface area contributed by atoms with Gasteiger partial charge in [0.1, 0.15) is 0 Å². The van der Waals surface area contributed by atoms with Crippen LogP contribution in [0.25, 0.3) is 0 Å². The first kappa shape index (κ1) is 18.9. The first-order valence-corrected chi connectivity index (χ1v) is 7.85. The third-order valence-corrected chi connectivity index (χ3v) is 4.00. The van der Waals surface area contributed by atoms with E-state index in [1.807, 2.05) is 0 Å². The average Bonchev–Trinajstić information content (AvgIpc) is 2.62. The minimum absolute atomic E-state index is 0.212. The summed E-state index contributed by atoms with van der Waals surface area (Å²) in [6, 6.07) is 9.36. The molecule has 0 saturated heterocycles. The van der Waals surface area contributed by atoms with Crippen molar-refractivity contribution in [2.24, 2.45) is 0 Å². The molecular formula is C17H15Cl2NO5. The van der Waals surface area contributed by atoms with Gasteiger partial charge in [-0.15, -0.1) is 0 Å². The van der Waals surface area contributed by atoms with Gasteiger partial charge in [0.15, 0.2) is 18.1 Å². The Labute approximate surface area is 154 Å². The van der Waals surface area contributed by atoms with Gasteiger partial charge in [0.25, 0.3) is 5.91 Å². The highest BCUT2D eigenvalue weighted by molar-refractivity contribution is 6.44. The van der Waals surface area contributed by atoms with E-state index in [0.717, 1.165) is 0 Å². The van der Waals surface area contributed by atoms with E-state index in [1.54, 1.807) is 24.3 Å². The van der Waals surface area contributed by atoms with Crippen LogP contribution in [-0.4, -0.2) is 32.7 Å². The number of benzene rings is 2. The van der Waals surface area contributed by atoms with Crippen molar-refractivity contribution in [3.8, 4) is 11.5 Å². The summed E-state index contributed by atoms with van der Waals surface area (Å²) in [5.41, 5.74) is 0.563. The number of nitrogens with one attached hydrogen (secondary N) is 1. The van der Waals surface area contributed by atoms with E-state index in [2.05, 4.69) is 5.32 Å². The zero-order chi connectivity index (χ0) is 18.4. The lowest BCUT2D eigenvalue weighted by molar-refractivity contribution is -0.119. The molecule has 0 unspecified atom stereocenters. The molecule has 0 bridgehead atoms. The Balaban J connectivity index is 1.97. The van der Waals surface area contributed by atoms with E-state index in [1.165, 1.54) is 26.4 Å². The molecule has 132 valence electrons. The summed E-state index contributed by atoms with van der Waals surface area (Å²) in [4.78, 5) is 23.9. The van der Waals surface area contributed by atoms with Crippen molar-refractivity contribution in [3.05, 3.63) is 52.0 Å². The number of ether oxygens (including phenoxy) is 3. The molecule has 0 aromatic heterocycles.